The zero-order chi connectivity index (χ0) is 14.6. The fourth-order valence-corrected chi connectivity index (χ4v) is 3.17. The maximum atomic E-state index is 11.5. The van der Waals surface area contributed by atoms with Crippen LogP contribution in [0.5, 0.6) is 0 Å². The third kappa shape index (κ3) is 9.23. The number of carboxylic acid groups (broad SMARTS) is 1. The Balaban J connectivity index is 4.72. The van der Waals surface area contributed by atoms with Crippen molar-refractivity contribution in [1.29, 1.82) is 0 Å². The van der Waals surface area contributed by atoms with Crippen molar-refractivity contribution in [1.82, 2.24) is 0 Å². The van der Waals surface area contributed by atoms with E-state index in [0.717, 1.165) is 6.92 Å². The van der Waals surface area contributed by atoms with Gasteiger partial charge >= 0.3 is 108 Å². The number of likely N-dealkylation sites (N-methyl/N-ethyl adjacent to an activating group) is 1. The van der Waals surface area contributed by atoms with Gasteiger partial charge in [0.05, 0.1) is 0 Å². The Hall–Kier alpha value is -0.822. The van der Waals surface area contributed by atoms with E-state index in [2.05, 4.69) is 3.73 Å². The average Bonchev–Trinajstić information content (AvgIpc) is 1.92. The fraction of sp³-hybridized carbons (Fsp3) is 0.778. The summed E-state index contributed by atoms with van der Waals surface area (Å²) in [6, 6.07) is 0. The molecule has 0 bridgehead atoms. The molecule has 2 atom stereocenters. The number of aliphatic carboxylic acids is 1. The minimum atomic E-state index is -5.22. The van der Waals surface area contributed by atoms with E-state index in [-0.39, 0.29) is 6.54 Å². The molecule has 0 aromatic carbocycles. The Morgan fingerprint density at radius 3 is 2.17 bits per heavy atom. The van der Waals surface area contributed by atoms with Crippen LogP contribution in [0.25, 0.3) is 0 Å². The molecule has 0 aliphatic heterocycles. The molecule has 0 aliphatic carbocycles. The van der Waals surface area contributed by atoms with Crippen molar-refractivity contribution in [3.05, 3.63) is 0 Å². The number of carboxylic acids is 1. The van der Waals surface area contributed by atoms with Crippen LogP contribution in [0.1, 0.15) is 13.3 Å². The molecule has 0 saturated carbocycles. The third-order valence-electron chi connectivity index (χ3n) is 1.68. The van der Waals surface area contributed by atoms with Gasteiger partial charge in [-0.1, -0.05) is 0 Å². The zero-order valence-corrected chi connectivity index (χ0v) is 12.7. The van der Waals surface area contributed by atoms with Crippen molar-refractivity contribution >= 4 is 26.5 Å². The number of carbonyl (C=O) groups is 2. The summed E-state index contributed by atoms with van der Waals surface area (Å²) < 4.78 is 30.1. The molecule has 106 valence electrons. The number of quaternary nitrogens is 1. The molecule has 0 aromatic rings. The third-order valence-corrected chi connectivity index (χ3v) is 3.89. The van der Waals surface area contributed by atoms with Crippen LogP contribution in [0.3, 0.4) is 0 Å². The molecule has 0 spiro atoms. The fourth-order valence-electron chi connectivity index (χ4n) is 1.31. The van der Waals surface area contributed by atoms with Crippen molar-refractivity contribution in [2.45, 2.75) is 19.4 Å². The molecular weight excluding hydrogens is 309 g/mol. The number of hydrogen-bond acceptors (Lipinski definition) is 5. The van der Waals surface area contributed by atoms with Crippen molar-refractivity contribution in [3.8, 4) is 0 Å². The zero-order valence-electron chi connectivity index (χ0n) is 10.8. The van der Waals surface area contributed by atoms with Gasteiger partial charge in [0.2, 0.25) is 0 Å². The number of carbonyl (C=O) groups excluding carboxylic acids is 1. The Labute approximate surface area is 108 Å². The van der Waals surface area contributed by atoms with E-state index in [1.807, 2.05) is 0 Å². The minimum absolute atomic E-state index is 0.194. The number of nitrogens with zero attached hydrogens (tertiary/aromatic N) is 1. The summed E-state index contributed by atoms with van der Waals surface area (Å²) in [6.07, 6.45) is -1.44. The van der Waals surface area contributed by atoms with Gasteiger partial charge in [0.1, 0.15) is 0 Å². The van der Waals surface area contributed by atoms with Gasteiger partial charge in [-0.25, -0.2) is 0 Å². The van der Waals surface area contributed by atoms with Crippen molar-refractivity contribution in [2.24, 2.45) is 0 Å². The van der Waals surface area contributed by atoms with Gasteiger partial charge < -0.3 is 0 Å². The molecule has 0 radical (unpaired) electrons. The van der Waals surface area contributed by atoms with Crippen LogP contribution in [-0.2, 0) is 20.8 Å². The first kappa shape index (κ1) is 17.2. The average molecular weight is 328 g/mol. The molecule has 0 saturated heterocycles. The van der Waals surface area contributed by atoms with E-state index in [4.69, 9.17) is 8.83 Å². The first-order chi connectivity index (χ1) is 7.91. The molecular formula is C9H19AsNO7+. The van der Waals surface area contributed by atoms with E-state index in [9.17, 15) is 17.4 Å². The molecule has 2 N–H and O–H groups in total. The van der Waals surface area contributed by atoms with Crippen molar-refractivity contribution in [2.75, 3.05) is 27.7 Å². The van der Waals surface area contributed by atoms with Crippen LogP contribution in [0.15, 0.2) is 0 Å². The van der Waals surface area contributed by atoms with Gasteiger partial charge in [-0.05, 0) is 0 Å². The van der Waals surface area contributed by atoms with Gasteiger partial charge in [-0.2, -0.15) is 0 Å². The van der Waals surface area contributed by atoms with Crippen LogP contribution in [0, 0.1) is 0 Å². The summed E-state index contributed by atoms with van der Waals surface area (Å²) in [4.78, 5) is 21.3. The molecule has 1 unspecified atom stereocenters. The second-order valence-electron chi connectivity index (χ2n) is 4.85. The topological polar surface area (TPSA) is 110 Å². The molecule has 0 aliphatic rings. The molecule has 0 rings (SSSR count). The van der Waals surface area contributed by atoms with Gasteiger partial charge in [-0.15, -0.1) is 0 Å². The predicted molar refractivity (Wildman–Crippen MR) is 60.5 cm³/mol. The number of rotatable bonds is 7. The monoisotopic (exact) mass is 328 g/mol. The Morgan fingerprint density at radius 2 is 1.83 bits per heavy atom. The molecule has 18 heavy (non-hydrogen) atoms. The van der Waals surface area contributed by atoms with Gasteiger partial charge in [-0.3, -0.25) is 0 Å². The summed E-state index contributed by atoms with van der Waals surface area (Å²) in [7, 11) is 5.33. The summed E-state index contributed by atoms with van der Waals surface area (Å²) >= 11 is -5.22. The Kier molecular flexibility index (Phi) is 6.08. The van der Waals surface area contributed by atoms with Crippen LogP contribution < -0.4 is 0 Å². The normalized spacial score (nSPS) is 16.7. The second kappa shape index (κ2) is 6.38. The van der Waals surface area contributed by atoms with E-state index in [1.54, 1.807) is 21.1 Å². The Morgan fingerprint density at radius 1 is 1.33 bits per heavy atom. The van der Waals surface area contributed by atoms with Crippen molar-refractivity contribution in [3.63, 3.8) is 0 Å². The van der Waals surface area contributed by atoms with Crippen LogP contribution in [0.4, 0.5) is 0 Å². The SMILES string of the molecule is CC(=O)O[As](=O)(O)O[C@@H](CC(=O)O)C[N+](C)(C)C. The Bertz CT molecular complexity index is 362. The molecule has 0 fully saturated rings. The summed E-state index contributed by atoms with van der Waals surface area (Å²) in [5.74, 6) is -2.11. The molecule has 0 aromatic heterocycles. The molecule has 0 amide bonds. The van der Waals surface area contributed by atoms with Crippen LogP contribution >= 0.6 is 0 Å². The summed E-state index contributed by atoms with van der Waals surface area (Å²) in [5.41, 5.74) is 0. The van der Waals surface area contributed by atoms with Gasteiger partial charge in [0.15, 0.2) is 0 Å². The van der Waals surface area contributed by atoms with Crippen LogP contribution in [-0.4, -0.2) is 73.9 Å². The van der Waals surface area contributed by atoms with Crippen molar-refractivity contribution < 1.29 is 34.5 Å². The maximum absolute atomic E-state index is 11.5. The predicted octanol–water partition coefficient (Wildman–Crippen LogP) is -1.03. The van der Waals surface area contributed by atoms with E-state index < -0.39 is 39.0 Å². The molecule has 9 heteroatoms. The van der Waals surface area contributed by atoms with E-state index in [0.29, 0.717) is 4.48 Å². The second-order valence-corrected chi connectivity index (χ2v) is 7.64. The van der Waals surface area contributed by atoms with Gasteiger partial charge in [0, 0.05) is 0 Å². The van der Waals surface area contributed by atoms with Crippen LogP contribution in [0.2, 0.25) is 0 Å². The standard InChI is InChI=1S/C9H18AsNO7/c1-7(12)17-10(15,16)18-8(5-9(13)14)6-11(2,3)4/h8H,5-6H2,1-4H3,(H-,13,14,15,16)/p+1/t8-/m0/s1. The van der Waals surface area contributed by atoms with Gasteiger partial charge in [0.25, 0.3) is 0 Å². The summed E-state index contributed by atoms with van der Waals surface area (Å²) in [6.45, 7) is 1.17. The molecule has 0 heterocycles. The van der Waals surface area contributed by atoms with E-state index in [1.165, 1.54) is 0 Å². The quantitative estimate of drug-likeness (QED) is 0.454. The first-order valence-electron chi connectivity index (χ1n) is 5.15. The number of hydrogen-bond donors (Lipinski definition) is 2. The summed E-state index contributed by atoms with van der Waals surface area (Å²) in [5, 5.41) is 8.70. The van der Waals surface area contributed by atoms with E-state index >= 15 is 0 Å². The molecule has 8 nitrogen and oxygen atoms in total. The first-order valence-corrected chi connectivity index (χ1v) is 8.28.